The Morgan fingerprint density at radius 1 is 0.488 bits per heavy atom. The molecule has 0 aromatic heterocycles. The Balaban J connectivity index is 1.50. The average Bonchev–Trinajstić information content (AvgIpc) is 3.02. The van der Waals surface area contributed by atoms with Gasteiger partial charge in [-0.3, -0.25) is 0 Å². The summed E-state index contributed by atoms with van der Waals surface area (Å²) in [6.07, 6.45) is 0.866. The zero-order valence-electron chi connectivity index (χ0n) is 23.5. The van der Waals surface area contributed by atoms with Gasteiger partial charge < -0.3 is 4.74 Å². The molecule has 0 saturated heterocycles. The number of benzene rings is 6. The van der Waals surface area contributed by atoms with Crippen LogP contribution < -0.4 is 21.1 Å². The summed E-state index contributed by atoms with van der Waals surface area (Å²) in [5, 5.41) is 0. The maximum Gasteiger partial charge on any atom is 0.243 e. The monoisotopic (exact) mass is 526 g/mol. The van der Waals surface area contributed by atoms with E-state index in [1.807, 2.05) is 6.07 Å². The van der Waals surface area contributed by atoms with Crippen molar-refractivity contribution >= 4 is 23.1 Å². The smallest absolute Gasteiger partial charge is 0.243 e. The minimum absolute atomic E-state index is 0.0327. The molecule has 0 amide bonds. The van der Waals surface area contributed by atoms with Crippen molar-refractivity contribution in [1.82, 2.24) is 0 Å². The van der Waals surface area contributed by atoms with Gasteiger partial charge in [0.25, 0.3) is 0 Å². The molecule has 0 N–H and O–H groups in total. The number of rotatable bonds is 5. The molecule has 196 valence electrons. The molecule has 0 unspecified atom stereocenters. The maximum atomic E-state index is 6.36. The Kier molecular flexibility index (Phi) is 6.53. The van der Waals surface area contributed by atoms with Crippen LogP contribution >= 0.6 is 0 Å². The Hall–Kier alpha value is -4.82. The first kappa shape index (κ1) is 25.2. The lowest BCUT2D eigenvalue weighted by Crippen LogP contribution is -2.55. The Labute approximate surface area is 243 Å². The summed E-state index contributed by atoms with van der Waals surface area (Å²) in [5.41, 5.74) is 14.0. The molecule has 0 radical (unpaired) electrons. The molecule has 0 fully saturated rings. The molecule has 1 aliphatic heterocycles. The molecule has 41 heavy (non-hydrogen) atoms. The van der Waals surface area contributed by atoms with Crippen molar-refractivity contribution in [2.45, 2.75) is 20.3 Å². The molecule has 6 aromatic rings. The van der Waals surface area contributed by atoms with E-state index >= 15 is 0 Å². The zero-order chi connectivity index (χ0) is 27.8. The third-order valence-electron chi connectivity index (χ3n) is 8.39. The SMILES string of the molecule is Cc1cccc(-c2ccccc2)c1B(c1ccc2c(c1)Cc1ccccc1O2)c1c(C)cccc1-c1ccccc1. The molecule has 2 heteroatoms. The Bertz CT molecular complexity index is 1770. The number of hydrogen-bond donors (Lipinski definition) is 0. The largest absolute Gasteiger partial charge is 0.457 e. The molecule has 1 aliphatic rings. The van der Waals surface area contributed by atoms with Crippen LogP contribution in [0.25, 0.3) is 22.3 Å². The van der Waals surface area contributed by atoms with Crippen LogP contribution in [0.5, 0.6) is 11.5 Å². The molecular weight excluding hydrogens is 495 g/mol. The van der Waals surface area contributed by atoms with Crippen LogP contribution in [0.4, 0.5) is 0 Å². The predicted octanol–water partition coefficient (Wildman–Crippen LogP) is 7.85. The number of hydrogen-bond acceptors (Lipinski definition) is 1. The van der Waals surface area contributed by atoms with Crippen molar-refractivity contribution in [3.63, 3.8) is 0 Å². The van der Waals surface area contributed by atoms with E-state index in [0.29, 0.717) is 0 Å². The summed E-state index contributed by atoms with van der Waals surface area (Å²) in [7, 11) is 0. The van der Waals surface area contributed by atoms with Crippen LogP contribution in [0.3, 0.4) is 0 Å². The van der Waals surface area contributed by atoms with Crippen molar-refractivity contribution in [2.75, 3.05) is 0 Å². The summed E-state index contributed by atoms with van der Waals surface area (Å²) >= 11 is 0. The molecular formula is C39H31BO. The standard InChI is InChI=1S/C39H31BO/c1-27-13-11-20-34(29-15-5-3-6-16-29)38(27)40(39-28(2)14-12-21-35(39)30-17-7-4-8-18-30)33-23-24-37-32(26-33)25-31-19-9-10-22-36(31)41-37/h3-24,26H,25H2,1-2H3. The van der Waals surface area contributed by atoms with Crippen LogP contribution in [-0.2, 0) is 6.42 Å². The molecule has 0 bridgehead atoms. The van der Waals surface area contributed by atoms with E-state index in [0.717, 1.165) is 17.9 Å². The molecule has 0 aliphatic carbocycles. The lowest BCUT2D eigenvalue weighted by atomic mass is 9.33. The van der Waals surface area contributed by atoms with E-state index in [9.17, 15) is 0 Å². The van der Waals surface area contributed by atoms with E-state index in [1.54, 1.807) is 0 Å². The molecule has 0 saturated carbocycles. The van der Waals surface area contributed by atoms with E-state index < -0.39 is 0 Å². The van der Waals surface area contributed by atoms with Gasteiger partial charge in [-0.05, 0) is 59.4 Å². The molecule has 6 aromatic carbocycles. The number of aryl methyl sites for hydroxylation is 2. The minimum atomic E-state index is 0.0327. The Morgan fingerprint density at radius 2 is 1.02 bits per heavy atom. The molecule has 7 rings (SSSR count). The van der Waals surface area contributed by atoms with Crippen molar-refractivity contribution < 1.29 is 4.74 Å². The van der Waals surface area contributed by atoms with Gasteiger partial charge in [0.1, 0.15) is 11.5 Å². The van der Waals surface area contributed by atoms with Gasteiger partial charge >= 0.3 is 0 Å². The van der Waals surface area contributed by atoms with Gasteiger partial charge in [-0.25, -0.2) is 0 Å². The van der Waals surface area contributed by atoms with Gasteiger partial charge in [-0.2, -0.15) is 0 Å². The second-order valence-electron chi connectivity index (χ2n) is 11.0. The highest BCUT2D eigenvalue weighted by Gasteiger charge is 2.31. The van der Waals surface area contributed by atoms with E-state index in [4.69, 9.17) is 4.74 Å². The normalized spacial score (nSPS) is 11.8. The highest BCUT2D eigenvalue weighted by molar-refractivity contribution is 6.97. The second-order valence-corrected chi connectivity index (χ2v) is 11.0. The third-order valence-corrected chi connectivity index (χ3v) is 8.39. The zero-order valence-corrected chi connectivity index (χ0v) is 23.5. The van der Waals surface area contributed by atoms with Crippen molar-refractivity contribution in [3.8, 4) is 33.8 Å². The average molecular weight is 526 g/mol. The van der Waals surface area contributed by atoms with Gasteiger partial charge in [0.15, 0.2) is 0 Å². The quantitative estimate of drug-likeness (QED) is 0.208. The predicted molar refractivity (Wildman–Crippen MR) is 174 cm³/mol. The van der Waals surface area contributed by atoms with Crippen LogP contribution in [-0.4, -0.2) is 6.71 Å². The fourth-order valence-corrected chi connectivity index (χ4v) is 6.43. The van der Waals surface area contributed by atoms with Gasteiger partial charge in [0, 0.05) is 6.42 Å². The number of para-hydroxylation sites is 1. The van der Waals surface area contributed by atoms with E-state index in [-0.39, 0.29) is 6.71 Å². The van der Waals surface area contributed by atoms with Gasteiger partial charge in [-0.15, -0.1) is 0 Å². The summed E-state index contributed by atoms with van der Waals surface area (Å²) in [4.78, 5) is 0. The van der Waals surface area contributed by atoms with Crippen LogP contribution in [0, 0.1) is 13.8 Å². The third kappa shape index (κ3) is 4.66. The lowest BCUT2D eigenvalue weighted by Gasteiger charge is -2.27. The van der Waals surface area contributed by atoms with Gasteiger partial charge in [0.2, 0.25) is 6.71 Å². The number of ether oxygens (including phenoxy) is 1. The summed E-state index contributed by atoms with van der Waals surface area (Å²) in [5.74, 6) is 1.91. The molecule has 1 heterocycles. The highest BCUT2D eigenvalue weighted by Crippen LogP contribution is 2.36. The van der Waals surface area contributed by atoms with Crippen molar-refractivity contribution in [3.05, 3.63) is 162 Å². The fraction of sp³-hybridized carbons (Fsp3) is 0.0769. The first-order chi connectivity index (χ1) is 20.2. The van der Waals surface area contributed by atoms with Crippen LogP contribution in [0.15, 0.2) is 140 Å². The van der Waals surface area contributed by atoms with E-state index in [1.165, 1.54) is 60.9 Å². The van der Waals surface area contributed by atoms with Crippen molar-refractivity contribution in [2.24, 2.45) is 0 Å². The summed E-state index contributed by atoms with van der Waals surface area (Å²) < 4.78 is 6.36. The number of fused-ring (bicyclic) bond motifs is 2. The first-order valence-corrected chi connectivity index (χ1v) is 14.4. The maximum absolute atomic E-state index is 6.36. The topological polar surface area (TPSA) is 9.23 Å². The first-order valence-electron chi connectivity index (χ1n) is 14.4. The second kappa shape index (κ2) is 10.6. The summed E-state index contributed by atoms with van der Waals surface area (Å²) in [6, 6.07) is 50.3. The van der Waals surface area contributed by atoms with Gasteiger partial charge in [0.05, 0.1) is 0 Å². The van der Waals surface area contributed by atoms with Crippen molar-refractivity contribution in [1.29, 1.82) is 0 Å². The summed E-state index contributed by atoms with van der Waals surface area (Å²) in [6.45, 7) is 4.55. The van der Waals surface area contributed by atoms with E-state index in [2.05, 4.69) is 147 Å². The molecule has 0 atom stereocenters. The lowest BCUT2D eigenvalue weighted by molar-refractivity contribution is 0.460. The molecule has 1 nitrogen and oxygen atoms in total. The highest BCUT2D eigenvalue weighted by atomic mass is 16.5. The minimum Gasteiger partial charge on any atom is -0.457 e. The van der Waals surface area contributed by atoms with Crippen LogP contribution in [0.2, 0.25) is 0 Å². The Morgan fingerprint density at radius 3 is 1.63 bits per heavy atom. The van der Waals surface area contributed by atoms with Gasteiger partial charge in [-0.1, -0.05) is 155 Å². The molecule has 0 spiro atoms. The fourth-order valence-electron chi connectivity index (χ4n) is 6.43. The van der Waals surface area contributed by atoms with Crippen LogP contribution in [0.1, 0.15) is 22.3 Å².